The lowest BCUT2D eigenvalue weighted by molar-refractivity contribution is -0.117. The standard InChI is InChI=1S/C7H11NO/c1-3-5-7(9)6-8-4-2/h1,8H,4-6H2,2H3. The second kappa shape index (κ2) is 5.33. The van der Waals surface area contributed by atoms with Crippen molar-refractivity contribution < 1.29 is 4.79 Å². The smallest absolute Gasteiger partial charge is 0.158 e. The molecule has 0 unspecified atom stereocenters. The quantitative estimate of drug-likeness (QED) is 0.543. The van der Waals surface area contributed by atoms with Crippen molar-refractivity contribution in [2.45, 2.75) is 13.3 Å². The lowest BCUT2D eigenvalue weighted by Crippen LogP contribution is -2.21. The van der Waals surface area contributed by atoms with E-state index in [-0.39, 0.29) is 12.2 Å². The molecule has 0 spiro atoms. The number of likely N-dealkylation sites (N-methyl/N-ethyl adjacent to an activating group) is 1. The van der Waals surface area contributed by atoms with Gasteiger partial charge in [-0.15, -0.1) is 6.42 Å². The number of terminal acetylenes is 1. The summed E-state index contributed by atoms with van der Waals surface area (Å²) >= 11 is 0. The number of hydrogen-bond acceptors (Lipinski definition) is 2. The van der Waals surface area contributed by atoms with Crippen LogP contribution in [0.2, 0.25) is 0 Å². The summed E-state index contributed by atoms with van der Waals surface area (Å²) < 4.78 is 0. The van der Waals surface area contributed by atoms with E-state index in [1.54, 1.807) is 0 Å². The van der Waals surface area contributed by atoms with Crippen molar-refractivity contribution in [3.8, 4) is 12.3 Å². The average Bonchev–Trinajstić information content (AvgIpc) is 1.85. The van der Waals surface area contributed by atoms with Crippen molar-refractivity contribution in [3.05, 3.63) is 0 Å². The summed E-state index contributed by atoms with van der Waals surface area (Å²) in [7, 11) is 0. The monoisotopic (exact) mass is 125 g/mol. The van der Waals surface area contributed by atoms with Crippen molar-refractivity contribution >= 4 is 5.78 Å². The van der Waals surface area contributed by atoms with Gasteiger partial charge < -0.3 is 5.32 Å². The van der Waals surface area contributed by atoms with Crippen LogP contribution >= 0.6 is 0 Å². The predicted octanol–water partition coefficient (Wildman–Crippen LogP) is 0.188. The van der Waals surface area contributed by atoms with Gasteiger partial charge in [-0.3, -0.25) is 4.79 Å². The van der Waals surface area contributed by atoms with Crippen LogP contribution in [0, 0.1) is 12.3 Å². The molecular formula is C7H11NO. The minimum absolute atomic E-state index is 0.0827. The molecule has 0 aromatic heterocycles. The van der Waals surface area contributed by atoms with E-state index in [2.05, 4.69) is 11.2 Å². The van der Waals surface area contributed by atoms with Crippen molar-refractivity contribution in [3.63, 3.8) is 0 Å². The molecule has 0 aromatic carbocycles. The summed E-state index contributed by atoms with van der Waals surface area (Å²) in [4.78, 5) is 10.6. The highest BCUT2D eigenvalue weighted by Gasteiger charge is 1.94. The molecule has 0 saturated heterocycles. The highest BCUT2D eigenvalue weighted by atomic mass is 16.1. The zero-order valence-corrected chi connectivity index (χ0v) is 5.61. The summed E-state index contributed by atoms with van der Waals surface area (Å²) in [6.07, 6.45) is 5.15. The molecule has 0 rings (SSSR count). The Morgan fingerprint density at radius 3 is 2.89 bits per heavy atom. The SMILES string of the molecule is C#CCC(=O)CNCC. The Balaban J connectivity index is 3.19. The molecule has 2 heteroatoms. The van der Waals surface area contributed by atoms with Gasteiger partial charge >= 0.3 is 0 Å². The molecule has 9 heavy (non-hydrogen) atoms. The summed E-state index contributed by atoms with van der Waals surface area (Å²) in [5.74, 6) is 2.37. The second-order valence-corrected chi connectivity index (χ2v) is 1.70. The van der Waals surface area contributed by atoms with Crippen LogP contribution in [0.3, 0.4) is 0 Å². The van der Waals surface area contributed by atoms with E-state index < -0.39 is 0 Å². The van der Waals surface area contributed by atoms with Crippen LogP contribution < -0.4 is 5.32 Å². The van der Waals surface area contributed by atoms with Crippen molar-refractivity contribution in [2.75, 3.05) is 13.1 Å². The van der Waals surface area contributed by atoms with Gasteiger partial charge in [0.1, 0.15) is 0 Å². The van der Waals surface area contributed by atoms with Gasteiger partial charge in [-0.05, 0) is 6.54 Å². The Kier molecular flexibility index (Phi) is 4.85. The van der Waals surface area contributed by atoms with Crippen LogP contribution in [0.15, 0.2) is 0 Å². The van der Waals surface area contributed by atoms with E-state index in [4.69, 9.17) is 6.42 Å². The third-order valence-electron chi connectivity index (χ3n) is 0.871. The first-order valence-electron chi connectivity index (χ1n) is 2.97. The first-order chi connectivity index (χ1) is 4.31. The maximum Gasteiger partial charge on any atom is 0.158 e. The molecule has 0 aromatic rings. The molecule has 0 aliphatic heterocycles. The first-order valence-corrected chi connectivity index (χ1v) is 2.97. The van der Waals surface area contributed by atoms with Crippen LogP contribution in [-0.2, 0) is 4.79 Å². The molecule has 0 saturated carbocycles. The van der Waals surface area contributed by atoms with Gasteiger partial charge in [-0.2, -0.15) is 0 Å². The second-order valence-electron chi connectivity index (χ2n) is 1.70. The first kappa shape index (κ1) is 8.19. The fraction of sp³-hybridized carbons (Fsp3) is 0.571. The van der Waals surface area contributed by atoms with Crippen LogP contribution in [0.4, 0.5) is 0 Å². The molecule has 1 N–H and O–H groups in total. The third kappa shape index (κ3) is 5.05. The number of carbonyl (C=O) groups excluding carboxylic acids is 1. The van der Waals surface area contributed by atoms with Crippen LogP contribution in [0.1, 0.15) is 13.3 Å². The molecule has 0 amide bonds. The maximum atomic E-state index is 10.6. The predicted molar refractivity (Wildman–Crippen MR) is 37.0 cm³/mol. The summed E-state index contributed by atoms with van der Waals surface area (Å²) in [5, 5.41) is 2.89. The number of Topliss-reactive ketones (excluding diaryl/α,β-unsaturated/α-hetero) is 1. The normalized spacial score (nSPS) is 8.44. The molecule has 0 fully saturated rings. The molecule has 50 valence electrons. The fourth-order valence-corrected chi connectivity index (χ4v) is 0.441. The molecule has 0 atom stereocenters. The van der Waals surface area contributed by atoms with Gasteiger partial charge in [0, 0.05) is 0 Å². The van der Waals surface area contributed by atoms with Crippen molar-refractivity contribution in [1.29, 1.82) is 0 Å². The minimum Gasteiger partial charge on any atom is -0.310 e. The van der Waals surface area contributed by atoms with Gasteiger partial charge in [0.2, 0.25) is 0 Å². The minimum atomic E-state index is 0.0827. The maximum absolute atomic E-state index is 10.6. The lowest BCUT2D eigenvalue weighted by atomic mass is 10.3. The van der Waals surface area contributed by atoms with E-state index >= 15 is 0 Å². The van der Waals surface area contributed by atoms with Crippen LogP contribution in [-0.4, -0.2) is 18.9 Å². The van der Waals surface area contributed by atoms with Crippen molar-refractivity contribution in [1.82, 2.24) is 5.32 Å². The summed E-state index contributed by atoms with van der Waals surface area (Å²) in [5.41, 5.74) is 0. The Morgan fingerprint density at radius 1 is 1.78 bits per heavy atom. The largest absolute Gasteiger partial charge is 0.310 e. The number of nitrogens with one attached hydrogen (secondary N) is 1. The average molecular weight is 125 g/mol. The highest BCUT2D eigenvalue weighted by molar-refractivity contribution is 5.82. The van der Waals surface area contributed by atoms with Gasteiger partial charge in [-0.1, -0.05) is 12.8 Å². The van der Waals surface area contributed by atoms with E-state index in [1.165, 1.54) is 0 Å². The Hall–Kier alpha value is -0.810. The van der Waals surface area contributed by atoms with Gasteiger partial charge in [0.05, 0.1) is 13.0 Å². The molecule has 0 radical (unpaired) electrons. The number of ketones is 1. The molecule has 0 heterocycles. The number of rotatable bonds is 4. The Labute approximate surface area is 55.6 Å². The van der Waals surface area contributed by atoms with Crippen molar-refractivity contribution in [2.24, 2.45) is 0 Å². The molecule has 0 bridgehead atoms. The van der Waals surface area contributed by atoms with E-state index in [1.807, 2.05) is 6.92 Å². The highest BCUT2D eigenvalue weighted by Crippen LogP contribution is 1.75. The van der Waals surface area contributed by atoms with Crippen LogP contribution in [0.5, 0.6) is 0 Å². The van der Waals surface area contributed by atoms with E-state index in [0.29, 0.717) is 6.54 Å². The van der Waals surface area contributed by atoms with E-state index in [9.17, 15) is 4.79 Å². The van der Waals surface area contributed by atoms with E-state index in [0.717, 1.165) is 6.54 Å². The molecule has 0 aliphatic rings. The third-order valence-corrected chi connectivity index (χ3v) is 0.871. The zero-order valence-electron chi connectivity index (χ0n) is 5.61. The number of carbonyl (C=O) groups is 1. The Bertz CT molecular complexity index is 123. The topological polar surface area (TPSA) is 29.1 Å². The van der Waals surface area contributed by atoms with Gasteiger partial charge in [0.25, 0.3) is 0 Å². The van der Waals surface area contributed by atoms with Crippen LogP contribution in [0.25, 0.3) is 0 Å². The lowest BCUT2D eigenvalue weighted by Gasteiger charge is -1.94. The van der Waals surface area contributed by atoms with Gasteiger partial charge in [0.15, 0.2) is 5.78 Å². The Morgan fingerprint density at radius 2 is 2.44 bits per heavy atom. The molecule has 0 aliphatic carbocycles. The van der Waals surface area contributed by atoms with Gasteiger partial charge in [-0.25, -0.2) is 0 Å². The molecule has 2 nitrogen and oxygen atoms in total. The summed E-state index contributed by atoms with van der Waals surface area (Å²) in [6.45, 7) is 3.17. The fourth-order valence-electron chi connectivity index (χ4n) is 0.441. The zero-order chi connectivity index (χ0) is 7.11. The molecular weight excluding hydrogens is 114 g/mol. The number of hydrogen-bond donors (Lipinski definition) is 1. The summed E-state index contributed by atoms with van der Waals surface area (Å²) in [6, 6.07) is 0.